The summed E-state index contributed by atoms with van der Waals surface area (Å²) < 4.78 is 11.1. The molecule has 0 aliphatic carbocycles. The van der Waals surface area contributed by atoms with Crippen LogP contribution in [0.15, 0.2) is 48.5 Å². The van der Waals surface area contributed by atoms with Gasteiger partial charge in [0.25, 0.3) is 0 Å². The molecule has 0 aliphatic rings. The van der Waals surface area contributed by atoms with Crippen LogP contribution < -0.4 is 10.6 Å². The quantitative estimate of drug-likeness (QED) is 0.128. The molecular weight excluding hydrogens is 622 g/mol. The van der Waals surface area contributed by atoms with E-state index in [0.29, 0.717) is 12.0 Å². The molecule has 49 heavy (non-hydrogen) atoms. The van der Waals surface area contributed by atoms with Crippen molar-refractivity contribution < 1.29 is 33.8 Å². The molecule has 272 valence electrons. The SMILES string of the molecule is CCCCCCCCN(C(=O)C(CO)NC(=O)OC(C)(C)C)C(C(=O)NC(Cc1ccccc1)C(=O)OC(C)(C)C)c1cc(C)cc(C)c1. The highest BCUT2D eigenvalue weighted by Crippen LogP contribution is 2.27. The average Bonchev–Trinajstić information content (AvgIpc) is 2.98. The smallest absolute Gasteiger partial charge is 0.408 e. The number of nitrogens with one attached hydrogen (secondary N) is 2. The molecule has 0 heterocycles. The maximum atomic E-state index is 14.6. The minimum Gasteiger partial charge on any atom is -0.458 e. The Hall–Kier alpha value is -3.92. The molecule has 2 aromatic carbocycles. The zero-order valence-corrected chi connectivity index (χ0v) is 31.1. The van der Waals surface area contributed by atoms with E-state index in [2.05, 4.69) is 17.6 Å². The third kappa shape index (κ3) is 15.0. The molecule has 3 N–H and O–H groups in total. The molecule has 0 bridgehead atoms. The zero-order chi connectivity index (χ0) is 36.8. The van der Waals surface area contributed by atoms with Crippen molar-refractivity contribution in [2.45, 2.75) is 137 Å². The summed E-state index contributed by atoms with van der Waals surface area (Å²) in [5.41, 5.74) is 1.51. The Morgan fingerprint density at radius 2 is 1.35 bits per heavy atom. The van der Waals surface area contributed by atoms with Crippen LogP contribution in [0.1, 0.15) is 115 Å². The van der Waals surface area contributed by atoms with E-state index < -0.39 is 59.8 Å². The summed E-state index contributed by atoms with van der Waals surface area (Å²) in [5, 5.41) is 15.8. The van der Waals surface area contributed by atoms with Gasteiger partial charge in [-0.05, 0) is 72.9 Å². The van der Waals surface area contributed by atoms with E-state index >= 15 is 0 Å². The number of aliphatic hydroxyl groups excluding tert-OH is 1. The maximum absolute atomic E-state index is 14.6. The second-order valence-corrected chi connectivity index (χ2v) is 14.8. The van der Waals surface area contributed by atoms with Crippen LogP contribution in [0.25, 0.3) is 0 Å². The third-order valence-electron chi connectivity index (χ3n) is 7.62. The lowest BCUT2D eigenvalue weighted by Crippen LogP contribution is -2.56. The Bertz CT molecular complexity index is 1340. The first kappa shape index (κ1) is 41.3. The molecule has 2 rings (SSSR count). The first-order valence-corrected chi connectivity index (χ1v) is 17.5. The van der Waals surface area contributed by atoms with Crippen molar-refractivity contribution in [1.29, 1.82) is 0 Å². The number of nitrogens with zero attached hydrogens (tertiary/aromatic N) is 1. The summed E-state index contributed by atoms with van der Waals surface area (Å²) in [7, 11) is 0. The van der Waals surface area contributed by atoms with Gasteiger partial charge in [-0.25, -0.2) is 9.59 Å². The van der Waals surface area contributed by atoms with Crippen molar-refractivity contribution in [1.82, 2.24) is 15.5 Å². The predicted octanol–water partition coefficient (Wildman–Crippen LogP) is 6.49. The number of esters is 1. The van der Waals surface area contributed by atoms with Crippen molar-refractivity contribution >= 4 is 23.9 Å². The topological polar surface area (TPSA) is 134 Å². The number of unbranched alkanes of at least 4 members (excludes halogenated alkanes) is 5. The molecular formula is C39H59N3O7. The van der Waals surface area contributed by atoms with Gasteiger partial charge in [0.05, 0.1) is 6.61 Å². The lowest BCUT2D eigenvalue weighted by molar-refractivity contribution is -0.159. The average molecular weight is 682 g/mol. The van der Waals surface area contributed by atoms with Gasteiger partial charge in [0.1, 0.15) is 29.3 Å². The second kappa shape index (κ2) is 19.3. The minimum atomic E-state index is -1.37. The number of hydrogen-bond donors (Lipinski definition) is 3. The molecule has 0 aliphatic heterocycles. The van der Waals surface area contributed by atoms with E-state index in [1.807, 2.05) is 62.4 Å². The number of aryl methyl sites for hydroxylation is 2. The molecule has 0 saturated heterocycles. The molecule has 10 heteroatoms. The fourth-order valence-corrected chi connectivity index (χ4v) is 5.57. The summed E-state index contributed by atoms with van der Waals surface area (Å²) in [6.45, 7) is 15.8. The van der Waals surface area contributed by atoms with Gasteiger partial charge in [-0.1, -0.05) is 98.7 Å². The number of rotatable bonds is 17. The van der Waals surface area contributed by atoms with Gasteiger partial charge in [-0.15, -0.1) is 0 Å². The van der Waals surface area contributed by atoms with E-state index in [-0.39, 0.29) is 13.0 Å². The third-order valence-corrected chi connectivity index (χ3v) is 7.62. The first-order valence-electron chi connectivity index (χ1n) is 17.5. The number of benzene rings is 2. The van der Waals surface area contributed by atoms with Crippen molar-refractivity contribution in [3.05, 3.63) is 70.8 Å². The number of carbonyl (C=O) groups excluding carboxylic acids is 4. The van der Waals surface area contributed by atoms with E-state index in [0.717, 1.165) is 48.8 Å². The molecule has 3 atom stereocenters. The summed E-state index contributed by atoms with van der Waals surface area (Å²) in [6.07, 6.45) is 4.95. The van der Waals surface area contributed by atoms with Crippen molar-refractivity contribution in [3.63, 3.8) is 0 Å². The van der Waals surface area contributed by atoms with E-state index in [9.17, 15) is 24.3 Å². The molecule has 0 saturated carbocycles. The fraction of sp³-hybridized carbons (Fsp3) is 0.590. The Kier molecular flexibility index (Phi) is 16.3. The van der Waals surface area contributed by atoms with Gasteiger partial charge in [0.15, 0.2) is 0 Å². The summed E-state index contributed by atoms with van der Waals surface area (Å²) in [5.74, 6) is -1.82. The van der Waals surface area contributed by atoms with Crippen LogP contribution in [-0.2, 0) is 30.3 Å². The molecule has 0 aromatic heterocycles. The van der Waals surface area contributed by atoms with Gasteiger partial charge in [-0.3, -0.25) is 9.59 Å². The largest absolute Gasteiger partial charge is 0.458 e. The van der Waals surface area contributed by atoms with E-state index in [1.165, 1.54) is 4.90 Å². The molecule has 3 amide bonds. The van der Waals surface area contributed by atoms with Gasteiger partial charge in [0.2, 0.25) is 11.8 Å². The van der Waals surface area contributed by atoms with Crippen LogP contribution in [-0.4, -0.2) is 70.3 Å². The van der Waals surface area contributed by atoms with Crippen LogP contribution in [0.4, 0.5) is 4.79 Å². The molecule has 10 nitrogen and oxygen atoms in total. The molecule has 0 radical (unpaired) electrons. The lowest BCUT2D eigenvalue weighted by Gasteiger charge is -2.35. The number of amides is 3. The zero-order valence-electron chi connectivity index (χ0n) is 31.1. The van der Waals surface area contributed by atoms with Crippen molar-refractivity contribution in [3.8, 4) is 0 Å². The van der Waals surface area contributed by atoms with Crippen LogP contribution in [0, 0.1) is 13.8 Å². The lowest BCUT2D eigenvalue weighted by atomic mass is 9.97. The summed E-state index contributed by atoms with van der Waals surface area (Å²) in [4.78, 5) is 56.6. The van der Waals surface area contributed by atoms with Crippen LogP contribution in [0.2, 0.25) is 0 Å². The number of hydrogen-bond acceptors (Lipinski definition) is 7. The summed E-state index contributed by atoms with van der Waals surface area (Å²) >= 11 is 0. The second-order valence-electron chi connectivity index (χ2n) is 14.8. The molecule has 3 unspecified atom stereocenters. The monoisotopic (exact) mass is 681 g/mol. The van der Waals surface area contributed by atoms with Crippen LogP contribution >= 0.6 is 0 Å². The molecule has 0 fully saturated rings. The fourth-order valence-electron chi connectivity index (χ4n) is 5.57. The molecule has 0 spiro atoms. The Labute approximate surface area is 293 Å². The van der Waals surface area contributed by atoms with Crippen molar-refractivity contribution in [2.75, 3.05) is 13.2 Å². The highest BCUT2D eigenvalue weighted by molar-refractivity contribution is 5.94. The van der Waals surface area contributed by atoms with Crippen LogP contribution in [0.3, 0.4) is 0 Å². The Morgan fingerprint density at radius 3 is 1.90 bits per heavy atom. The summed E-state index contributed by atoms with van der Waals surface area (Å²) in [6, 6.07) is 11.4. The predicted molar refractivity (Wildman–Crippen MR) is 192 cm³/mol. The Balaban J connectivity index is 2.61. The number of ether oxygens (including phenoxy) is 2. The van der Waals surface area contributed by atoms with Gasteiger partial charge in [-0.2, -0.15) is 0 Å². The maximum Gasteiger partial charge on any atom is 0.408 e. The number of aliphatic hydroxyl groups is 1. The molecule has 2 aromatic rings. The number of carbonyl (C=O) groups is 4. The highest BCUT2D eigenvalue weighted by atomic mass is 16.6. The highest BCUT2D eigenvalue weighted by Gasteiger charge is 2.38. The van der Waals surface area contributed by atoms with E-state index in [1.54, 1.807) is 41.5 Å². The van der Waals surface area contributed by atoms with Crippen LogP contribution in [0.5, 0.6) is 0 Å². The standard InChI is InChI=1S/C39H59N3O7/c1-10-11-12-13-14-18-21-42(35(45)32(26-43)41-37(47)49-39(7,8)9)33(30-23-27(2)22-28(3)24-30)34(44)40-31(36(46)48-38(4,5)6)25-29-19-16-15-17-20-29/h15-17,19-20,22-24,31-33,43H,10-14,18,21,25-26H2,1-9H3,(H,40,44)(H,41,47). The van der Waals surface area contributed by atoms with Gasteiger partial charge < -0.3 is 30.1 Å². The van der Waals surface area contributed by atoms with E-state index in [4.69, 9.17) is 9.47 Å². The van der Waals surface area contributed by atoms with Gasteiger partial charge in [0, 0.05) is 13.0 Å². The Morgan fingerprint density at radius 1 is 0.776 bits per heavy atom. The number of alkyl carbamates (subject to hydrolysis) is 1. The first-order chi connectivity index (χ1) is 22.9. The normalized spacial score (nSPS) is 13.5. The van der Waals surface area contributed by atoms with Crippen molar-refractivity contribution in [2.24, 2.45) is 0 Å². The minimum absolute atomic E-state index is 0.173. The van der Waals surface area contributed by atoms with Gasteiger partial charge >= 0.3 is 12.1 Å².